The second-order valence-corrected chi connectivity index (χ2v) is 3.78. The highest BCUT2D eigenvalue weighted by molar-refractivity contribution is 14.1. The molecule has 0 atom stereocenters. The first-order valence-electron chi connectivity index (χ1n) is 3.52. The van der Waals surface area contributed by atoms with Gasteiger partial charge in [0.25, 0.3) is 0 Å². The van der Waals surface area contributed by atoms with Gasteiger partial charge in [-0.15, -0.1) is 12.4 Å². The van der Waals surface area contributed by atoms with Crippen molar-refractivity contribution in [3.8, 4) is 5.75 Å². The van der Waals surface area contributed by atoms with E-state index in [1.165, 1.54) is 0 Å². The van der Waals surface area contributed by atoms with Crippen LogP contribution in [0.2, 0.25) is 5.02 Å². The Balaban J connectivity index is 0.00000144. The van der Waals surface area contributed by atoms with Gasteiger partial charge in [0.15, 0.2) is 0 Å². The van der Waals surface area contributed by atoms with Crippen molar-refractivity contribution in [2.24, 2.45) is 5.73 Å². The summed E-state index contributed by atoms with van der Waals surface area (Å²) < 4.78 is 6.29. The zero-order valence-corrected chi connectivity index (χ0v) is 10.5. The van der Waals surface area contributed by atoms with Crippen LogP contribution in [0.3, 0.4) is 0 Å². The van der Waals surface area contributed by atoms with Crippen molar-refractivity contribution in [1.29, 1.82) is 0 Å². The molecule has 1 rings (SSSR count). The van der Waals surface area contributed by atoms with E-state index in [1.807, 2.05) is 18.2 Å². The predicted octanol–water partition coefficient (Wildman–Crippen LogP) is 2.70. The lowest BCUT2D eigenvalue weighted by Crippen LogP contribution is -2.10. The normalized spacial score (nSPS) is 9.15. The third-order valence-electron chi connectivity index (χ3n) is 1.28. The van der Waals surface area contributed by atoms with Crippen molar-refractivity contribution in [1.82, 2.24) is 0 Å². The Bertz CT molecular complexity index is 270. The minimum Gasteiger partial charge on any atom is -0.492 e. The van der Waals surface area contributed by atoms with Crippen molar-refractivity contribution in [2.45, 2.75) is 0 Å². The molecule has 0 bridgehead atoms. The second kappa shape index (κ2) is 6.70. The molecule has 0 aromatic heterocycles. The molecule has 0 aliphatic rings. The van der Waals surface area contributed by atoms with Gasteiger partial charge < -0.3 is 10.5 Å². The Morgan fingerprint density at radius 2 is 2.15 bits per heavy atom. The highest BCUT2D eigenvalue weighted by atomic mass is 127. The maximum absolute atomic E-state index is 5.83. The molecule has 2 nitrogen and oxygen atoms in total. The van der Waals surface area contributed by atoms with Crippen molar-refractivity contribution in [2.75, 3.05) is 13.2 Å². The Kier molecular flexibility index (Phi) is 6.85. The fourth-order valence-electron chi connectivity index (χ4n) is 0.743. The quantitative estimate of drug-likeness (QED) is 0.863. The Labute approximate surface area is 102 Å². The van der Waals surface area contributed by atoms with Crippen LogP contribution in [0.25, 0.3) is 0 Å². The van der Waals surface area contributed by atoms with Crippen molar-refractivity contribution in [3.05, 3.63) is 26.8 Å². The van der Waals surface area contributed by atoms with Gasteiger partial charge in [0.2, 0.25) is 0 Å². The maximum Gasteiger partial charge on any atom is 0.120 e. The number of nitrogens with two attached hydrogens (primary N) is 1. The number of rotatable bonds is 3. The summed E-state index contributed by atoms with van der Waals surface area (Å²) in [6.45, 7) is 1.07. The van der Waals surface area contributed by atoms with Crippen LogP contribution in [0.5, 0.6) is 5.75 Å². The lowest BCUT2D eigenvalue weighted by atomic mass is 10.3. The summed E-state index contributed by atoms with van der Waals surface area (Å²) in [4.78, 5) is 0. The molecule has 1 aromatic carbocycles. The molecule has 13 heavy (non-hydrogen) atoms. The molecule has 5 heteroatoms. The third-order valence-corrected chi connectivity index (χ3v) is 2.82. The molecule has 0 saturated heterocycles. The minimum atomic E-state index is 0. The molecular weight excluding hydrogens is 324 g/mol. The van der Waals surface area contributed by atoms with Crippen molar-refractivity contribution < 1.29 is 4.74 Å². The second-order valence-electron chi connectivity index (χ2n) is 2.21. The van der Waals surface area contributed by atoms with Crippen molar-refractivity contribution in [3.63, 3.8) is 0 Å². The first kappa shape index (κ1) is 13.3. The van der Waals surface area contributed by atoms with Crippen molar-refractivity contribution >= 4 is 46.6 Å². The van der Waals surface area contributed by atoms with Gasteiger partial charge in [-0.1, -0.05) is 11.6 Å². The number of benzene rings is 1. The number of hydrogen-bond donors (Lipinski definition) is 1. The van der Waals surface area contributed by atoms with Crippen LogP contribution in [0.15, 0.2) is 18.2 Å². The highest BCUT2D eigenvalue weighted by Crippen LogP contribution is 2.23. The van der Waals surface area contributed by atoms with Gasteiger partial charge >= 0.3 is 0 Å². The zero-order chi connectivity index (χ0) is 8.97. The van der Waals surface area contributed by atoms with Gasteiger partial charge in [0.1, 0.15) is 12.4 Å². The molecule has 0 unspecified atom stereocenters. The summed E-state index contributed by atoms with van der Waals surface area (Å²) in [5.41, 5.74) is 5.29. The molecule has 1 aromatic rings. The Hall–Kier alpha value is 0.290. The fourth-order valence-corrected chi connectivity index (χ4v) is 1.35. The first-order chi connectivity index (χ1) is 5.74. The van der Waals surface area contributed by atoms with Crippen LogP contribution < -0.4 is 10.5 Å². The van der Waals surface area contributed by atoms with E-state index in [0.29, 0.717) is 13.2 Å². The van der Waals surface area contributed by atoms with Gasteiger partial charge in [-0.25, -0.2) is 0 Å². The Morgan fingerprint density at radius 1 is 1.46 bits per heavy atom. The Morgan fingerprint density at radius 3 is 2.69 bits per heavy atom. The van der Waals surface area contributed by atoms with E-state index >= 15 is 0 Å². The summed E-state index contributed by atoms with van der Waals surface area (Å²) in [7, 11) is 0. The SMILES string of the molecule is Cl.NCCOc1ccc(Cl)c(I)c1. The van der Waals surface area contributed by atoms with E-state index in [4.69, 9.17) is 22.1 Å². The van der Waals surface area contributed by atoms with Gasteiger partial charge in [-0.2, -0.15) is 0 Å². The molecule has 0 radical (unpaired) electrons. The number of ether oxygens (including phenoxy) is 1. The molecule has 0 aliphatic heterocycles. The fraction of sp³-hybridized carbons (Fsp3) is 0.250. The maximum atomic E-state index is 5.83. The van der Waals surface area contributed by atoms with E-state index in [0.717, 1.165) is 14.3 Å². The lowest BCUT2D eigenvalue weighted by molar-refractivity contribution is 0.328. The zero-order valence-electron chi connectivity index (χ0n) is 6.80. The van der Waals surface area contributed by atoms with E-state index in [2.05, 4.69) is 22.6 Å². The number of halogens is 3. The summed E-state index contributed by atoms with van der Waals surface area (Å²) >= 11 is 7.99. The molecule has 0 amide bonds. The predicted molar refractivity (Wildman–Crippen MR) is 66.0 cm³/mol. The lowest BCUT2D eigenvalue weighted by Gasteiger charge is -2.04. The molecule has 0 saturated carbocycles. The van der Waals surface area contributed by atoms with E-state index in [-0.39, 0.29) is 12.4 Å². The molecule has 0 aliphatic carbocycles. The third kappa shape index (κ3) is 4.35. The monoisotopic (exact) mass is 333 g/mol. The summed E-state index contributed by atoms with van der Waals surface area (Å²) in [5, 5.41) is 0.746. The van der Waals surface area contributed by atoms with E-state index in [1.54, 1.807) is 0 Å². The van der Waals surface area contributed by atoms with Crippen LogP contribution in [-0.4, -0.2) is 13.2 Å². The minimum absolute atomic E-state index is 0. The van der Waals surface area contributed by atoms with Gasteiger partial charge in [0, 0.05) is 10.1 Å². The largest absolute Gasteiger partial charge is 0.492 e. The molecule has 0 spiro atoms. The first-order valence-corrected chi connectivity index (χ1v) is 4.97. The number of hydrogen-bond acceptors (Lipinski definition) is 2. The molecule has 2 N–H and O–H groups in total. The van der Waals surface area contributed by atoms with Gasteiger partial charge in [-0.05, 0) is 40.8 Å². The van der Waals surface area contributed by atoms with Gasteiger partial charge in [0.05, 0.1) is 5.02 Å². The highest BCUT2D eigenvalue weighted by Gasteiger charge is 1.98. The van der Waals surface area contributed by atoms with E-state index < -0.39 is 0 Å². The smallest absolute Gasteiger partial charge is 0.120 e. The van der Waals surface area contributed by atoms with Crippen LogP contribution in [0.4, 0.5) is 0 Å². The molecule has 0 fully saturated rings. The average Bonchev–Trinajstić information content (AvgIpc) is 2.07. The topological polar surface area (TPSA) is 35.2 Å². The summed E-state index contributed by atoms with van der Waals surface area (Å²) in [6.07, 6.45) is 0. The summed E-state index contributed by atoms with van der Waals surface area (Å²) in [6, 6.07) is 5.54. The molecule has 74 valence electrons. The van der Waals surface area contributed by atoms with Gasteiger partial charge in [-0.3, -0.25) is 0 Å². The molecule has 0 heterocycles. The van der Waals surface area contributed by atoms with Crippen LogP contribution in [-0.2, 0) is 0 Å². The van der Waals surface area contributed by atoms with Crippen LogP contribution in [0.1, 0.15) is 0 Å². The standard InChI is InChI=1S/C8H9ClINO.ClH/c9-7-2-1-6(5-8(7)10)12-4-3-11;/h1-2,5H,3-4,11H2;1H. The molecular formula is C8H10Cl2INO. The average molecular weight is 334 g/mol. The summed E-state index contributed by atoms with van der Waals surface area (Å²) in [5.74, 6) is 0.814. The van der Waals surface area contributed by atoms with Crippen LogP contribution in [0, 0.1) is 3.57 Å². The van der Waals surface area contributed by atoms with Crippen LogP contribution >= 0.6 is 46.6 Å². The van der Waals surface area contributed by atoms with E-state index in [9.17, 15) is 0 Å².